The average molecular weight is 263 g/mol. The summed E-state index contributed by atoms with van der Waals surface area (Å²) in [5, 5.41) is 0. The second-order valence-corrected chi connectivity index (χ2v) is 4.81. The SMILES string of the molecule is CCc1nc(-c2ccc(C)nc2)[nH]c1-c1ccccc1. The maximum atomic E-state index is 4.71. The van der Waals surface area contributed by atoms with E-state index in [0.29, 0.717) is 0 Å². The van der Waals surface area contributed by atoms with E-state index in [2.05, 4.69) is 35.1 Å². The molecule has 0 aliphatic carbocycles. The van der Waals surface area contributed by atoms with Crippen molar-refractivity contribution in [1.29, 1.82) is 0 Å². The third kappa shape index (κ3) is 2.35. The minimum absolute atomic E-state index is 0.883. The Kier molecular flexibility index (Phi) is 3.33. The first-order valence-electron chi connectivity index (χ1n) is 6.85. The molecule has 0 saturated carbocycles. The number of aromatic nitrogens is 3. The summed E-state index contributed by atoms with van der Waals surface area (Å²) in [6.45, 7) is 4.11. The molecule has 0 fully saturated rings. The predicted octanol–water partition coefficient (Wildman–Crippen LogP) is 4.01. The molecule has 1 N–H and O–H groups in total. The van der Waals surface area contributed by atoms with Gasteiger partial charge in [0.2, 0.25) is 0 Å². The number of hydrogen-bond donors (Lipinski definition) is 1. The van der Waals surface area contributed by atoms with E-state index in [4.69, 9.17) is 4.98 Å². The Hall–Kier alpha value is -2.42. The van der Waals surface area contributed by atoms with Crippen LogP contribution in [0.1, 0.15) is 18.3 Å². The Morgan fingerprint density at radius 3 is 2.45 bits per heavy atom. The normalized spacial score (nSPS) is 10.7. The fourth-order valence-corrected chi connectivity index (χ4v) is 2.25. The van der Waals surface area contributed by atoms with Crippen molar-refractivity contribution in [2.45, 2.75) is 20.3 Å². The van der Waals surface area contributed by atoms with E-state index in [1.165, 1.54) is 5.56 Å². The summed E-state index contributed by atoms with van der Waals surface area (Å²) in [7, 11) is 0. The van der Waals surface area contributed by atoms with Gasteiger partial charge in [-0.1, -0.05) is 37.3 Å². The van der Waals surface area contributed by atoms with Gasteiger partial charge in [-0.15, -0.1) is 0 Å². The molecular weight excluding hydrogens is 246 g/mol. The number of benzene rings is 1. The highest BCUT2D eigenvalue weighted by molar-refractivity contribution is 5.67. The zero-order valence-electron chi connectivity index (χ0n) is 11.7. The number of aryl methyl sites for hydroxylation is 2. The standard InChI is InChI=1S/C17H17N3/c1-3-15-16(13-7-5-4-6-8-13)20-17(19-15)14-10-9-12(2)18-11-14/h4-11H,3H2,1-2H3,(H,19,20). The van der Waals surface area contributed by atoms with Crippen molar-refractivity contribution in [2.24, 2.45) is 0 Å². The number of rotatable bonds is 3. The van der Waals surface area contributed by atoms with Crippen LogP contribution in [-0.2, 0) is 6.42 Å². The number of aromatic amines is 1. The van der Waals surface area contributed by atoms with Gasteiger partial charge in [-0.05, 0) is 31.0 Å². The molecule has 3 nitrogen and oxygen atoms in total. The lowest BCUT2D eigenvalue weighted by Gasteiger charge is -1.99. The van der Waals surface area contributed by atoms with Crippen LogP contribution in [0.2, 0.25) is 0 Å². The molecule has 0 radical (unpaired) electrons. The lowest BCUT2D eigenvalue weighted by atomic mass is 10.1. The van der Waals surface area contributed by atoms with E-state index in [1.54, 1.807) is 0 Å². The van der Waals surface area contributed by atoms with Crippen LogP contribution in [0.25, 0.3) is 22.6 Å². The van der Waals surface area contributed by atoms with E-state index in [1.807, 2.05) is 37.4 Å². The number of imidazole rings is 1. The van der Waals surface area contributed by atoms with Crippen LogP contribution in [0.15, 0.2) is 48.7 Å². The number of pyridine rings is 1. The Bertz CT molecular complexity index is 697. The molecule has 3 heteroatoms. The minimum atomic E-state index is 0.883. The third-order valence-electron chi connectivity index (χ3n) is 3.36. The first-order valence-corrected chi connectivity index (χ1v) is 6.85. The topological polar surface area (TPSA) is 41.6 Å². The summed E-state index contributed by atoms with van der Waals surface area (Å²) in [4.78, 5) is 12.5. The summed E-state index contributed by atoms with van der Waals surface area (Å²) in [6.07, 6.45) is 2.77. The maximum Gasteiger partial charge on any atom is 0.139 e. The molecule has 2 heterocycles. The number of nitrogens with zero attached hydrogens (tertiary/aromatic N) is 2. The molecule has 2 aromatic heterocycles. The smallest absolute Gasteiger partial charge is 0.139 e. The molecule has 20 heavy (non-hydrogen) atoms. The molecule has 100 valence electrons. The molecule has 0 amide bonds. The monoisotopic (exact) mass is 263 g/mol. The van der Waals surface area contributed by atoms with Gasteiger partial charge in [-0.25, -0.2) is 4.98 Å². The van der Waals surface area contributed by atoms with Crippen molar-refractivity contribution < 1.29 is 0 Å². The lowest BCUT2D eigenvalue weighted by molar-refractivity contribution is 1.07. The van der Waals surface area contributed by atoms with Gasteiger partial charge in [-0.3, -0.25) is 4.98 Å². The molecule has 0 aliphatic heterocycles. The van der Waals surface area contributed by atoms with Crippen LogP contribution in [0.3, 0.4) is 0 Å². The van der Waals surface area contributed by atoms with Crippen LogP contribution < -0.4 is 0 Å². The molecule has 0 spiro atoms. The van der Waals surface area contributed by atoms with E-state index < -0.39 is 0 Å². The van der Waals surface area contributed by atoms with Gasteiger partial charge in [0, 0.05) is 17.5 Å². The van der Waals surface area contributed by atoms with Crippen LogP contribution in [0, 0.1) is 6.92 Å². The summed E-state index contributed by atoms with van der Waals surface area (Å²) in [5.41, 5.74) is 5.39. The molecule has 0 atom stereocenters. The minimum Gasteiger partial charge on any atom is -0.338 e. The van der Waals surface area contributed by atoms with Gasteiger partial charge in [0.25, 0.3) is 0 Å². The first-order chi connectivity index (χ1) is 9.78. The van der Waals surface area contributed by atoms with Gasteiger partial charge < -0.3 is 4.98 Å². The molecule has 0 saturated heterocycles. The molecule has 3 rings (SSSR count). The third-order valence-corrected chi connectivity index (χ3v) is 3.36. The largest absolute Gasteiger partial charge is 0.338 e. The summed E-state index contributed by atoms with van der Waals surface area (Å²) in [6, 6.07) is 14.4. The predicted molar refractivity (Wildman–Crippen MR) is 81.4 cm³/mol. The molecule has 1 aromatic carbocycles. The highest BCUT2D eigenvalue weighted by Crippen LogP contribution is 2.26. The highest BCUT2D eigenvalue weighted by Gasteiger charge is 2.11. The van der Waals surface area contributed by atoms with E-state index in [0.717, 1.165) is 34.9 Å². The molecule has 0 unspecified atom stereocenters. The van der Waals surface area contributed by atoms with E-state index in [-0.39, 0.29) is 0 Å². The molecular formula is C17H17N3. The van der Waals surface area contributed by atoms with Crippen molar-refractivity contribution >= 4 is 0 Å². The van der Waals surface area contributed by atoms with Crippen molar-refractivity contribution in [1.82, 2.24) is 15.0 Å². The summed E-state index contributed by atoms with van der Waals surface area (Å²) < 4.78 is 0. The number of H-pyrrole nitrogens is 1. The van der Waals surface area contributed by atoms with Crippen molar-refractivity contribution in [3.63, 3.8) is 0 Å². The van der Waals surface area contributed by atoms with Gasteiger partial charge in [-0.2, -0.15) is 0 Å². The zero-order valence-corrected chi connectivity index (χ0v) is 11.7. The highest BCUT2D eigenvalue weighted by atomic mass is 14.9. The summed E-state index contributed by atoms with van der Waals surface area (Å²) >= 11 is 0. The molecule has 3 aromatic rings. The van der Waals surface area contributed by atoms with Gasteiger partial charge in [0.05, 0.1) is 11.4 Å². The quantitative estimate of drug-likeness (QED) is 0.775. The molecule has 0 bridgehead atoms. The van der Waals surface area contributed by atoms with Crippen molar-refractivity contribution in [2.75, 3.05) is 0 Å². The van der Waals surface area contributed by atoms with Crippen molar-refractivity contribution in [3.05, 3.63) is 60.0 Å². The van der Waals surface area contributed by atoms with Gasteiger partial charge >= 0.3 is 0 Å². The second-order valence-electron chi connectivity index (χ2n) is 4.81. The summed E-state index contributed by atoms with van der Waals surface area (Å²) in [5.74, 6) is 0.883. The van der Waals surface area contributed by atoms with E-state index in [9.17, 15) is 0 Å². The number of hydrogen-bond acceptors (Lipinski definition) is 2. The zero-order chi connectivity index (χ0) is 13.9. The van der Waals surface area contributed by atoms with E-state index >= 15 is 0 Å². The second kappa shape index (κ2) is 5.29. The Balaban J connectivity index is 2.07. The Morgan fingerprint density at radius 1 is 1.00 bits per heavy atom. The van der Waals surface area contributed by atoms with Crippen LogP contribution in [0.5, 0.6) is 0 Å². The van der Waals surface area contributed by atoms with Gasteiger partial charge in [0.1, 0.15) is 5.82 Å². The Labute approximate surface area is 118 Å². The first kappa shape index (κ1) is 12.6. The maximum absolute atomic E-state index is 4.71. The van der Waals surface area contributed by atoms with Crippen molar-refractivity contribution in [3.8, 4) is 22.6 Å². The van der Waals surface area contributed by atoms with Crippen LogP contribution >= 0.6 is 0 Å². The molecule has 0 aliphatic rings. The van der Waals surface area contributed by atoms with Crippen LogP contribution in [0.4, 0.5) is 0 Å². The van der Waals surface area contributed by atoms with Gasteiger partial charge in [0.15, 0.2) is 0 Å². The number of nitrogens with one attached hydrogen (secondary N) is 1. The fourth-order valence-electron chi connectivity index (χ4n) is 2.25. The van der Waals surface area contributed by atoms with Crippen LogP contribution in [-0.4, -0.2) is 15.0 Å². The Morgan fingerprint density at radius 2 is 1.80 bits per heavy atom. The fraction of sp³-hybridized carbons (Fsp3) is 0.176. The lowest BCUT2D eigenvalue weighted by Crippen LogP contribution is -1.85. The average Bonchev–Trinajstić information content (AvgIpc) is 2.93.